The van der Waals surface area contributed by atoms with E-state index in [0.29, 0.717) is 5.91 Å². The molecule has 1 N–H and O–H groups in total. The minimum absolute atomic E-state index is 0.0711. The molecule has 3 fully saturated rings. The highest BCUT2D eigenvalue weighted by atomic mass is 35.5. The monoisotopic (exact) mass is 455 g/mol. The number of piperidine rings is 1. The zero-order valence-electron chi connectivity index (χ0n) is 18.5. The Balaban J connectivity index is 1.23. The normalized spacial score (nSPS) is 29.3. The number of rotatable bonds is 4. The molecule has 2 aromatic rings. The smallest absolute Gasteiger partial charge is 0.227 e. The fourth-order valence-corrected chi connectivity index (χ4v) is 5.71. The first-order chi connectivity index (χ1) is 15.5. The number of nitrogens with one attached hydrogen (secondary N) is 1. The molecular weight excluding hydrogens is 426 g/mol. The first-order valence-electron chi connectivity index (χ1n) is 11.9. The highest BCUT2D eigenvalue weighted by Crippen LogP contribution is 2.52. The molecule has 1 amide bonds. The SMILES string of the molecule is CC1C(Cl)C=NN1C1(c2nc3nc(N4CCC[C@@H](C(=O)N5CCCC5)C4)ccc3[nH]2)CC1. The average Bonchev–Trinajstić information content (AvgIpc) is 3.16. The molecule has 5 heterocycles. The van der Waals surface area contributed by atoms with E-state index in [9.17, 15) is 4.79 Å². The molecule has 0 spiro atoms. The number of halogens is 1. The van der Waals surface area contributed by atoms with Gasteiger partial charge in [-0.05, 0) is 57.6 Å². The third kappa shape index (κ3) is 3.26. The molecule has 0 aromatic carbocycles. The summed E-state index contributed by atoms with van der Waals surface area (Å²) in [6.45, 7) is 5.62. The minimum Gasteiger partial charge on any atom is -0.356 e. The van der Waals surface area contributed by atoms with Gasteiger partial charge in [-0.2, -0.15) is 5.10 Å². The van der Waals surface area contributed by atoms with Crippen molar-refractivity contribution in [2.45, 2.75) is 62.4 Å². The number of imidazole rings is 1. The molecule has 8 nitrogen and oxygen atoms in total. The fourth-order valence-electron chi connectivity index (χ4n) is 5.55. The van der Waals surface area contributed by atoms with Gasteiger partial charge in [0.1, 0.15) is 17.2 Å². The van der Waals surface area contributed by atoms with Gasteiger partial charge >= 0.3 is 0 Å². The van der Waals surface area contributed by atoms with Crippen LogP contribution in [0.5, 0.6) is 0 Å². The third-order valence-electron chi connectivity index (χ3n) is 7.63. The van der Waals surface area contributed by atoms with Crippen molar-refractivity contribution in [2.75, 3.05) is 31.1 Å². The second-order valence-electron chi connectivity index (χ2n) is 9.77. The van der Waals surface area contributed by atoms with E-state index in [1.807, 2.05) is 11.1 Å². The second-order valence-corrected chi connectivity index (χ2v) is 10.3. The molecule has 0 bridgehead atoms. The number of hydrogen-bond acceptors (Lipinski definition) is 6. The van der Waals surface area contributed by atoms with E-state index in [0.717, 1.165) is 87.5 Å². The Morgan fingerprint density at radius 2 is 1.97 bits per heavy atom. The van der Waals surface area contributed by atoms with Crippen molar-refractivity contribution in [3.05, 3.63) is 18.0 Å². The Bertz CT molecular complexity index is 1060. The fraction of sp³-hybridized carbons (Fsp3) is 0.652. The number of nitrogens with zero attached hydrogens (tertiary/aromatic N) is 6. The van der Waals surface area contributed by atoms with Gasteiger partial charge in [0.15, 0.2) is 5.65 Å². The van der Waals surface area contributed by atoms with Gasteiger partial charge < -0.3 is 14.8 Å². The molecule has 9 heteroatoms. The molecule has 1 aliphatic carbocycles. The summed E-state index contributed by atoms with van der Waals surface area (Å²) in [6, 6.07) is 4.27. The largest absolute Gasteiger partial charge is 0.356 e. The molecule has 1 saturated carbocycles. The average molecular weight is 456 g/mol. The molecule has 170 valence electrons. The van der Waals surface area contributed by atoms with E-state index in [4.69, 9.17) is 21.6 Å². The van der Waals surface area contributed by atoms with Crippen molar-refractivity contribution in [1.82, 2.24) is 24.9 Å². The van der Waals surface area contributed by atoms with Gasteiger partial charge in [0.25, 0.3) is 0 Å². The summed E-state index contributed by atoms with van der Waals surface area (Å²) in [5.41, 5.74) is 1.48. The van der Waals surface area contributed by atoms with E-state index >= 15 is 0 Å². The lowest BCUT2D eigenvalue weighted by Gasteiger charge is -2.34. The van der Waals surface area contributed by atoms with Crippen LogP contribution in [-0.4, -0.2) is 74.6 Å². The van der Waals surface area contributed by atoms with Crippen molar-refractivity contribution < 1.29 is 4.79 Å². The number of hydrogen-bond donors (Lipinski definition) is 1. The second kappa shape index (κ2) is 7.61. The van der Waals surface area contributed by atoms with Crippen LogP contribution in [-0.2, 0) is 10.3 Å². The van der Waals surface area contributed by atoms with Gasteiger partial charge in [-0.25, -0.2) is 9.97 Å². The molecule has 0 radical (unpaired) electrons. The Kier molecular flexibility index (Phi) is 4.82. The van der Waals surface area contributed by atoms with Crippen LogP contribution in [0.4, 0.5) is 5.82 Å². The highest BCUT2D eigenvalue weighted by molar-refractivity contribution is 6.29. The number of carbonyl (C=O) groups is 1. The summed E-state index contributed by atoms with van der Waals surface area (Å²) in [4.78, 5) is 30.5. The van der Waals surface area contributed by atoms with Gasteiger partial charge in [-0.1, -0.05) is 0 Å². The number of fused-ring (bicyclic) bond motifs is 1. The van der Waals surface area contributed by atoms with Crippen molar-refractivity contribution in [1.29, 1.82) is 0 Å². The molecule has 3 aliphatic heterocycles. The maximum Gasteiger partial charge on any atom is 0.227 e. The summed E-state index contributed by atoms with van der Waals surface area (Å²) in [5.74, 6) is 2.23. The number of pyridine rings is 1. The summed E-state index contributed by atoms with van der Waals surface area (Å²) in [5, 5.41) is 6.62. The number of anilines is 1. The maximum absolute atomic E-state index is 12.9. The van der Waals surface area contributed by atoms with Crippen LogP contribution < -0.4 is 4.90 Å². The molecule has 2 unspecified atom stereocenters. The van der Waals surface area contributed by atoms with E-state index in [1.54, 1.807) is 0 Å². The Morgan fingerprint density at radius 1 is 1.16 bits per heavy atom. The van der Waals surface area contributed by atoms with Crippen molar-refractivity contribution in [2.24, 2.45) is 11.0 Å². The van der Waals surface area contributed by atoms with Gasteiger partial charge in [0.05, 0.1) is 22.9 Å². The Morgan fingerprint density at radius 3 is 2.69 bits per heavy atom. The predicted octanol–water partition coefficient (Wildman–Crippen LogP) is 3.08. The number of hydrazone groups is 1. The Labute approximate surface area is 193 Å². The molecule has 6 rings (SSSR count). The highest BCUT2D eigenvalue weighted by Gasteiger charge is 2.55. The summed E-state index contributed by atoms with van der Waals surface area (Å²) in [7, 11) is 0. The number of carbonyl (C=O) groups excluding carboxylic acids is 1. The first kappa shape index (κ1) is 20.3. The van der Waals surface area contributed by atoms with Crippen LogP contribution in [0.25, 0.3) is 11.2 Å². The number of aromatic amines is 1. The van der Waals surface area contributed by atoms with E-state index in [1.165, 1.54) is 0 Å². The van der Waals surface area contributed by atoms with Crippen LogP contribution in [0.15, 0.2) is 17.2 Å². The summed E-state index contributed by atoms with van der Waals surface area (Å²) >= 11 is 6.37. The van der Waals surface area contributed by atoms with Crippen molar-refractivity contribution in [3.63, 3.8) is 0 Å². The number of likely N-dealkylation sites (tertiary alicyclic amines) is 1. The van der Waals surface area contributed by atoms with Crippen LogP contribution in [0.2, 0.25) is 0 Å². The molecule has 2 saturated heterocycles. The molecule has 4 aliphatic rings. The molecular formula is C23H30ClN7O. The van der Waals surface area contributed by atoms with Gasteiger partial charge in [0.2, 0.25) is 5.91 Å². The summed E-state index contributed by atoms with van der Waals surface area (Å²) < 4.78 is 0. The molecule has 3 atom stereocenters. The van der Waals surface area contributed by atoms with Crippen molar-refractivity contribution >= 4 is 40.7 Å². The molecule has 2 aromatic heterocycles. The van der Waals surface area contributed by atoms with Crippen LogP contribution in [0.1, 0.15) is 51.3 Å². The maximum atomic E-state index is 12.9. The number of H-pyrrole nitrogens is 1. The van der Waals surface area contributed by atoms with E-state index in [-0.39, 0.29) is 22.9 Å². The van der Waals surface area contributed by atoms with E-state index < -0.39 is 0 Å². The first-order valence-corrected chi connectivity index (χ1v) is 12.4. The quantitative estimate of drug-likeness (QED) is 0.716. The standard InChI is InChI=1S/C23H30ClN7O/c1-15-17(24)13-25-31(15)23(8-9-23)22-26-18-6-7-19(27-20(18)28-22)30-12-4-5-16(14-30)21(32)29-10-2-3-11-29/h6-7,13,15-17H,2-5,8-12,14H2,1H3,(H,26,27,28)/t15?,16-,17?/m1/s1. The van der Waals surface area contributed by atoms with Crippen LogP contribution in [0, 0.1) is 5.92 Å². The topological polar surface area (TPSA) is 80.7 Å². The van der Waals surface area contributed by atoms with Crippen molar-refractivity contribution in [3.8, 4) is 0 Å². The lowest BCUT2D eigenvalue weighted by atomic mass is 9.96. The number of aromatic nitrogens is 3. The third-order valence-corrected chi connectivity index (χ3v) is 8.10. The zero-order chi connectivity index (χ0) is 21.9. The van der Waals surface area contributed by atoms with Gasteiger partial charge in [0, 0.05) is 32.4 Å². The lowest BCUT2D eigenvalue weighted by molar-refractivity contribution is -0.134. The van der Waals surface area contributed by atoms with Crippen LogP contribution in [0.3, 0.4) is 0 Å². The lowest BCUT2D eigenvalue weighted by Crippen LogP contribution is -2.44. The predicted molar refractivity (Wildman–Crippen MR) is 125 cm³/mol. The van der Waals surface area contributed by atoms with Gasteiger partial charge in [-0.15, -0.1) is 11.6 Å². The summed E-state index contributed by atoms with van der Waals surface area (Å²) in [6.07, 6.45) is 8.10. The molecule has 32 heavy (non-hydrogen) atoms. The van der Waals surface area contributed by atoms with Gasteiger partial charge in [-0.3, -0.25) is 9.80 Å². The Hall–Kier alpha value is -2.35. The number of amides is 1. The van der Waals surface area contributed by atoms with Crippen LogP contribution >= 0.6 is 11.6 Å². The zero-order valence-corrected chi connectivity index (χ0v) is 19.3. The van der Waals surface area contributed by atoms with E-state index in [2.05, 4.69) is 39.1 Å². The number of alkyl halides is 1. The minimum atomic E-state index is -0.196.